The summed E-state index contributed by atoms with van der Waals surface area (Å²) in [4.78, 5) is 2.36. The standard InChI is InChI=1S/C44H27NOS/c1-2-10-31(11-3-1)45(32-20-23-41-38(26-32)37-13-6-7-15-40(37)46-41)33-21-24-42-39(27-33)44-36(14-8-16-43(44)47-42)30-19-22-35-29(25-30)18-17-28-9-4-5-12-34(28)35/h1-27H. The van der Waals surface area contributed by atoms with Crippen molar-refractivity contribution in [3.63, 3.8) is 0 Å². The quantitative estimate of drug-likeness (QED) is 0.183. The number of para-hydroxylation sites is 2. The lowest BCUT2D eigenvalue weighted by atomic mass is 9.95. The zero-order valence-corrected chi connectivity index (χ0v) is 26.2. The Morgan fingerprint density at radius 3 is 2.04 bits per heavy atom. The fraction of sp³-hybridized carbons (Fsp3) is 0. The topological polar surface area (TPSA) is 16.4 Å². The Labute approximate surface area is 275 Å². The molecular formula is C44H27NOS. The molecule has 2 nitrogen and oxygen atoms in total. The van der Waals surface area contributed by atoms with Crippen molar-refractivity contribution in [2.75, 3.05) is 4.90 Å². The van der Waals surface area contributed by atoms with Crippen LogP contribution in [0.4, 0.5) is 17.1 Å². The first-order valence-corrected chi connectivity index (χ1v) is 16.7. The summed E-state index contributed by atoms with van der Waals surface area (Å²) in [6.07, 6.45) is 0. The van der Waals surface area contributed by atoms with Crippen LogP contribution in [0.1, 0.15) is 0 Å². The molecule has 47 heavy (non-hydrogen) atoms. The Morgan fingerprint density at radius 1 is 0.404 bits per heavy atom. The molecule has 10 aromatic rings. The summed E-state index contributed by atoms with van der Waals surface area (Å²) < 4.78 is 8.76. The Hall–Kier alpha value is -5.90. The van der Waals surface area contributed by atoms with Crippen LogP contribution in [-0.4, -0.2) is 0 Å². The van der Waals surface area contributed by atoms with Crippen LogP contribution in [0.25, 0.3) is 74.8 Å². The summed E-state index contributed by atoms with van der Waals surface area (Å²) >= 11 is 1.86. The van der Waals surface area contributed by atoms with Crippen LogP contribution in [-0.2, 0) is 0 Å². The molecule has 2 heterocycles. The third kappa shape index (κ3) is 4.17. The predicted molar refractivity (Wildman–Crippen MR) is 202 cm³/mol. The average Bonchev–Trinajstić information content (AvgIpc) is 3.70. The van der Waals surface area contributed by atoms with Gasteiger partial charge in [-0.3, -0.25) is 0 Å². The molecule has 220 valence electrons. The number of fused-ring (bicyclic) bond motifs is 9. The van der Waals surface area contributed by atoms with Crippen molar-refractivity contribution in [3.05, 3.63) is 164 Å². The molecule has 10 rings (SSSR count). The summed E-state index contributed by atoms with van der Waals surface area (Å²) in [5.74, 6) is 0. The molecule has 3 heteroatoms. The van der Waals surface area contributed by atoms with E-state index in [1.165, 1.54) is 52.8 Å². The van der Waals surface area contributed by atoms with E-state index in [-0.39, 0.29) is 0 Å². The number of hydrogen-bond acceptors (Lipinski definition) is 3. The molecule has 0 bridgehead atoms. The summed E-state index contributed by atoms with van der Waals surface area (Å²) in [7, 11) is 0. The van der Waals surface area contributed by atoms with Gasteiger partial charge in [0.2, 0.25) is 0 Å². The number of hydrogen-bond donors (Lipinski definition) is 0. The Balaban J connectivity index is 1.17. The molecule has 0 atom stereocenters. The first-order valence-electron chi connectivity index (χ1n) is 15.9. The van der Waals surface area contributed by atoms with Gasteiger partial charge in [0, 0.05) is 48.0 Å². The highest BCUT2D eigenvalue weighted by atomic mass is 32.1. The van der Waals surface area contributed by atoms with Crippen LogP contribution in [0.5, 0.6) is 0 Å². The summed E-state index contributed by atoms with van der Waals surface area (Å²) in [5, 5.41) is 9.94. The monoisotopic (exact) mass is 617 g/mol. The minimum atomic E-state index is 0.898. The van der Waals surface area contributed by atoms with Crippen molar-refractivity contribution < 1.29 is 4.42 Å². The third-order valence-electron chi connectivity index (χ3n) is 9.43. The van der Waals surface area contributed by atoms with Gasteiger partial charge in [-0.1, -0.05) is 97.1 Å². The maximum absolute atomic E-state index is 6.18. The second-order valence-electron chi connectivity index (χ2n) is 12.1. The minimum Gasteiger partial charge on any atom is -0.456 e. The van der Waals surface area contributed by atoms with E-state index < -0.39 is 0 Å². The van der Waals surface area contributed by atoms with Crippen molar-refractivity contribution in [1.29, 1.82) is 0 Å². The Kier molecular flexibility index (Phi) is 5.78. The van der Waals surface area contributed by atoms with Gasteiger partial charge in [-0.05, 0) is 99.4 Å². The van der Waals surface area contributed by atoms with Gasteiger partial charge >= 0.3 is 0 Å². The van der Waals surface area contributed by atoms with Crippen LogP contribution in [0.2, 0.25) is 0 Å². The van der Waals surface area contributed by atoms with Crippen molar-refractivity contribution >= 4 is 92.1 Å². The SMILES string of the molecule is c1ccc(N(c2ccc3oc4ccccc4c3c2)c2ccc3sc4cccc(-c5ccc6c(ccc7ccccc76)c5)c4c3c2)cc1. The van der Waals surface area contributed by atoms with E-state index >= 15 is 0 Å². The van der Waals surface area contributed by atoms with E-state index in [9.17, 15) is 0 Å². The van der Waals surface area contributed by atoms with Crippen molar-refractivity contribution in [1.82, 2.24) is 0 Å². The fourth-order valence-corrected chi connectivity index (χ4v) is 8.37. The Bertz CT molecular complexity index is 2810. The predicted octanol–water partition coefficient (Wildman–Crippen LogP) is 13.4. The lowest BCUT2D eigenvalue weighted by molar-refractivity contribution is 0.669. The van der Waals surface area contributed by atoms with Gasteiger partial charge in [0.1, 0.15) is 11.2 Å². The smallest absolute Gasteiger partial charge is 0.135 e. The van der Waals surface area contributed by atoms with Gasteiger partial charge in [-0.2, -0.15) is 0 Å². The van der Waals surface area contributed by atoms with Crippen LogP contribution >= 0.6 is 11.3 Å². The molecule has 2 aromatic heterocycles. The highest BCUT2D eigenvalue weighted by molar-refractivity contribution is 7.26. The van der Waals surface area contributed by atoms with E-state index in [0.29, 0.717) is 0 Å². The number of furan rings is 1. The Morgan fingerprint density at radius 2 is 1.13 bits per heavy atom. The normalized spacial score (nSPS) is 11.8. The zero-order valence-electron chi connectivity index (χ0n) is 25.4. The number of nitrogens with zero attached hydrogens (tertiary/aromatic N) is 1. The minimum absolute atomic E-state index is 0.898. The highest BCUT2D eigenvalue weighted by Gasteiger charge is 2.18. The maximum atomic E-state index is 6.18. The van der Waals surface area contributed by atoms with Gasteiger partial charge < -0.3 is 9.32 Å². The van der Waals surface area contributed by atoms with Crippen LogP contribution in [0.15, 0.2) is 168 Å². The molecule has 8 aromatic carbocycles. The van der Waals surface area contributed by atoms with Crippen LogP contribution in [0.3, 0.4) is 0 Å². The molecule has 0 aliphatic rings. The second kappa shape index (κ2) is 10.3. The lowest BCUT2D eigenvalue weighted by Gasteiger charge is -2.25. The average molecular weight is 618 g/mol. The second-order valence-corrected chi connectivity index (χ2v) is 13.2. The molecule has 0 saturated carbocycles. The molecule has 0 radical (unpaired) electrons. The molecule has 0 aliphatic heterocycles. The van der Waals surface area contributed by atoms with Gasteiger partial charge in [0.15, 0.2) is 0 Å². The number of thiophene rings is 1. The van der Waals surface area contributed by atoms with Gasteiger partial charge in [-0.25, -0.2) is 0 Å². The van der Waals surface area contributed by atoms with Gasteiger partial charge in [-0.15, -0.1) is 11.3 Å². The number of benzene rings is 8. The van der Waals surface area contributed by atoms with E-state index in [1.807, 2.05) is 23.5 Å². The molecule has 0 amide bonds. The highest BCUT2D eigenvalue weighted by Crippen LogP contribution is 2.45. The number of anilines is 3. The molecule has 0 aliphatic carbocycles. The van der Waals surface area contributed by atoms with Crippen LogP contribution in [0, 0.1) is 0 Å². The summed E-state index contributed by atoms with van der Waals surface area (Å²) in [6, 6.07) is 59.1. The van der Waals surface area contributed by atoms with Crippen molar-refractivity contribution in [2.45, 2.75) is 0 Å². The van der Waals surface area contributed by atoms with Crippen molar-refractivity contribution in [3.8, 4) is 11.1 Å². The molecular weight excluding hydrogens is 591 g/mol. The molecule has 0 spiro atoms. The summed E-state index contributed by atoms with van der Waals surface area (Å²) in [5.41, 5.74) is 7.63. The van der Waals surface area contributed by atoms with Gasteiger partial charge in [0.05, 0.1) is 0 Å². The van der Waals surface area contributed by atoms with E-state index in [4.69, 9.17) is 4.42 Å². The van der Waals surface area contributed by atoms with E-state index in [0.717, 1.165) is 39.0 Å². The first kappa shape index (κ1) is 26.3. The molecule has 0 N–H and O–H groups in total. The molecule has 0 saturated heterocycles. The van der Waals surface area contributed by atoms with Gasteiger partial charge in [0.25, 0.3) is 0 Å². The molecule has 0 unspecified atom stereocenters. The third-order valence-corrected chi connectivity index (χ3v) is 10.6. The van der Waals surface area contributed by atoms with E-state index in [1.54, 1.807) is 0 Å². The summed E-state index contributed by atoms with van der Waals surface area (Å²) in [6.45, 7) is 0. The zero-order chi connectivity index (χ0) is 30.9. The first-order chi connectivity index (χ1) is 23.3. The van der Waals surface area contributed by atoms with Crippen molar-refractivity contribution in [2.24, 2.45) is 0 Å². The lowest BCUT2D eigenvalue weighted by Crippen LogP contribution is -2.09. The fourth-order valence-electron chi connectivity index (χ4n) is 7.25. The van der Waals surface area contributed by atoms with Crippen LogP contribution < -0.4 is 4.90 Å². The van der Waals surface area contributed by atoms with E-state index in [2.05, 4.69) is 157 Å². The number of rotatable bonds is 4. The molecule has 0 fully saturated rings. The maximum Gasteiger partial charge on any atom is 0.135 e. The largest absolute Gasteiger partial charge is 0.456 e.